The van der Waals surface area contributed by atoms with E-state index < -0.39 is 0 Å². The van der Waals surface area contributed by atoms with Crippen molar-refractivity contribution in [2.45, 2.75) is 0 Å². The largest absolute Gasteiger partial charge is 0.491 e. The summed E-state index contributed by atoms with van der Waals surface area (Å²) in [6.45, 7) is 3.24. The van der Waals surface area contributed by atoms with Crippen molar-refractivity contribution in [3.63, 3.8) is 0 Å². The maximum atomic E-state index is 5.83. The molecule has 0 saturated heterocycles. The Kier molecular flexibility index (Phi) is 6.28. The zero-order chi connectivity index (χ0) is 16.5. The summed E-state index contributed by atoms with van der Waals surface area (Å²) in [5.74, 6) is 1.69. The second-order valence-electron chi connectivity index (χ2n) is 5.33. The summed E-state index contributed by atoms with van der Waals surface area (Å²) in [6.07, 6.45) is 4.08. The second-order valence-corrected chi connectivity index (χ2v) is 5.33. The Balaban J connectivity index is 1.82. The van der Waals surface area contributed by atoms with E-state index in [1.165, 1.54) is 0 Å². The smallest absolute Gasteiger partial charge is 0.126 e. The molecule has 0 fully saturated rings. The lowest BCUT2D eigenvalue weighted by atomic mass is 10.1. The van der Waals surface area contributed by atoms with Gasteiger partial charge < -0.3 is 18.9 Å². The van der Waals surface area contributed by atoms with E-state index in [4.69, 9.17) is 18.9 Å². The first-order valence-corrected chi connectivity index (χ1v) is 8.21. The summed E-state index contributed by atoms with van der Waals surface area (Å²) in [5.41, 5.74) is 2.06. The number of hydrogen-bond donors (Lipinski definition) is 0. The molecule has 2 aromatic rings. The van der Waals surface area contributed by atoms with Crippen LogP contribution in [0.25, 0.3) is 12.2 Å². The van der Waals surface area contributed by atoms with E-state index in [1.807, 2.05) is 60.7 Å². The molecule has 4 nitrogen and oxygen atoms in total. The zero-order valence-electron chi connectivity index (χ0n) is 13.6. The van der Waals surface area contributed by atoms with Gasteiger partial charge in [-0.25, -0.2) is 0 Å². The summed E-state index contributed by atoms with van der Waals surface area (Å²) in [6, 6.07) is 15.9. The van der Waals surface area contributed by atoms with Gasteiger partial charge in [-0.1, -0.05) is 48.6 Å². The van der Waals surface area contributed by atoms with Crippen LogP contribution in [0, 0.1) is 0 Å². The molecule has 4 heteroatoms. The Labute approximate surface area is 142 Å². The molecular weight excluding hydrogens is 304 g/mol. The molecule has 0 amide bonds. The Morgan fingerprint density at radius 3 is 1.42 bits per heavy atom. The lowest BCUT2D eigenvalue weighted by molar-refractivity contribution is 0.0273. The van der Waals surface area contributed by atoms with Gasteiger partial charge in [-0.15, -0.1) is 0 Å². The van der Waals surface area contributed by atoms with E-state index in [0.29, 0.717) is 39.6 Å². The van der Waals surface area contributed by atoms with Crippen molar-refractivity contribution < 1.29 is 18.9 Å². The van der Waals surface area contributed by atoms with Crippen LogP contribution in [-0.4, -0.2) is 39.6 Å². The molecule has 0 atom stereocenters. The first-order chi connectivity index (χ1) is 11.9. The number of benzene rings is 2. The zero-order valence-corrected chi connectivity index (χ0v) is 13.6. The predicted molar refractivity (Wildman–Crippen MR) is 94.4 cm³/mol. The van der Waals surface area contributed by atoms with Gasteiger partial charge in [0.25, 0.3) is 0 Å². The van der Waals surface area contributed by atoms with Crippen LogP contribution in [0.2, 0.25) is 0 Å². The molecule has 0 bridgehead atoms. The molecule has 1 aliphatic rings. The standard InChI is InChI=1S/C20H22O4/c1-3-7-19-17(5-1)9-10-18-6-2-4-8-20(18)24-16-14-22-12-11-21-13-15-23-19/h1-10H,11-16H2/b10-9+. The molecule has 1 aliphatic heterocycles. The molecule has 126 valence electrons. The van der Waals surface area contributed by atoms with Gasteiger partial charge in [-0.3, -0.25) is 0 Å². The van der Waals surface area contributed by atoms with E-state index in [9.17, 15) is 0 Å². The van der Waals surface area contributed by atoms with Crippen molar-refractivity contribution in [2.75, 3.05) is 39.6 Å². The molecule has 0 unspecified atom stereocenters. The maximum absolute atomic E-state index is 5.83. The van der Waals surface area contributed by atoms with Gasteiger partial charge in [-0.05, 0) is 12.1 Å². The molecule has 3 rings (SSSR count). The third-order valence-electron chi connectivity index (χ3n) is 3.62. The molecular formula is C20H22O4. The number of ether oxygens (including phenoxy) is 4. The third-order valence-corrected chi connectivity index (χ3v) is 3.62. The predicted octanol–water partition coefficient (Wildman–Crippen LogP) is 3.66. The van der Waals surface area contributed by atoms with Crippen molar-refractivity contribution in [3.8, 4) is 11.5 Å². The molecule has 0 radical (unpaired) electrons. The molecule has 0 N–H and O–H groups in total. The highest BCUT2D eigenvalue weighted by molar-refractivity contribution is 5.74. The highest BCUT2D eigenvalue weighted by Crippen LogP contribution is 2.24. The number of fused-ring (bicyclic) bond motifs is 2. The monoisotopic (exact) mass is 326 g/mol. The van der Waals surface area contributed by atoms with Crippen molar-refractivity contribution in [3.05, 3.63) is 59.7 Å². The number of hydrogen-bond acceptors (Lipinski definition) is 4. The van der Waals surface area contributed by atoms with Crippen molar-refractivity contribution in [1.82, 2.24) is 0 Å². The van der Waals surface area contributed by atoms with Crippen LogP contribution in [0.1, 0.15) is 11.1 Å². The van der Waals surface area contributed by atoms with Gasteiger partial charge in [0.05, 0.1) is 26.4 Å². The Bertz CT molecular complexity index is 609. The summed E-state index contributed by atoms with van der Waals surface area (Å²) in [4.78, 5) is 0. The fraction of sp³-hybridized carbons (Fsp3) is 0.300. The topological polar surface area (TPSA) is 36.9 Å². The minimum absolute atomic E-state index is 0.518. The molecule has 1 heterocycles. The van der Waals surface area contributed by atoms with Gasteiger partial charge in [0.1, 0.15) is 24.7 Å². The highest BCUT2D eigenvalue weighted by Gasteiger charge is 2.03. The van der Waals surface area contributed by atoms with Crippen LogP contribution in [0.4, 0.5) is 0 Å². The Morgan fingerprint density at radius 1 is 0.500 bits per heavy atom. The summed E-state index contributed by atoms with van der Waals surface area (Å²) < 4.78 is 22.6. The van der Waals surface area contributed by atoms with Crippen LogP contribution in [0.15, 0.2) is 48.5 Å². The van der Waals surface area contributed by atoms with E-state index >= 15 is 0 Å². The van der Waals surface area contributed by atoms with Crippen LogP contribution >= 0.6 is 0 Å². The Morgan fingerprint density at radius 2 is 0.917 bits per heavy atom. The summed E-state index contributed by atoms with van der Waals surface area (Å²) in [5, 5.41) is 0. The van der Waals surface area contributed by atoms with Gasteiger partial charge >= 0.3 is 0 Å². The summed E-state index contributed by atoms with van der Waals surface area (Å²) in [7, 11) is 0. The normalized spacial score (nSPS) is 17.7. The van der Waals surface area contributed by atoms with Gasteiger partial charge in [0.2, 0.25) is 0 Å². The molecule has 0 saturated carbocycles. The average Bonchev–Trinajstić information content (AvgIpc) is 2.62. The minimum atomic E-state index is 0.518. The van der Waals surface area contributed by atoms with E-state index in [1.54, 1.807) is 0 Å². The summed E-state index contributed by atoms with van der Waals surface area (Å²) >= 11 is 0. The number of para-hydroxylation sites is 2. The van der Waals surface area contributed by atoms with Crippen LogP contribution < -0.4 is 9.47 Å². The SMILES string of the molecule is C1=C/c2ccccc2OCCOCCOCCOc2ccccc2/1. The molecule has 24 heavy (non-hydrogen) atoms. The van der Waals surface area contributed by atoms with E-state index in [0.717, 1.165) is 22.6 Å². The first-order valence-electron chi connectivity index (χ1n) is 8.21. The second kappa shape index (κ2) is 9.11. The van der Waals surface area contributed by atoms with E-state index in [-0.39, 0.29) is 0 Å². The quantitative estimate of drug-likeness (QED) is 0.740. The highest BCUT2D eigenvalue weighted by atomic mass is 16.6. The molecule has 2 aromatic carbocycles. The lowest BCUT2D eigenvalue weighted by Gasteiger charge is -2.12. The Hall–Kier alpha value is -2.30. The van der Waals surface area contributed by atoms with Gasteiger partial charge in [0, 0.05) is 11.1 Å². The van der Waals surface area contributed by atoms with Crippen molar-refractivity contribution in [2.24, 2.45) is 0 Å². The minimum Gasteiger partial charge on any atom is -0.491 e. The average molecular weight is 326 g/mol. The van der Waals surface area contributed by atoms with Crippen LogP contribution in [0.3, 0.4) is 0 Å². The fourth-order valence-electron chi connectivity index (χ4n) is 2.42. The molecule has 0 aromatic heterocycles. The van der Waals surface area contributed by atoms with Crippen molar-refractivity contribution >= 4 is 12.2 Å². The molecule has 0 spiro atoms. The van der Waals surface area contributed by atoms with Crippen LogP contribution in [0.5, 0.6) is 11.5 Å². The fourth-order valence-corrected chi connectivity index (χ4v) is 2.42. The molecule has 0 aliphatic carbocycles. The third kappa shape index (κ3) is 4.85. The first kappa shape index (κ1) is 16.6. The van der Waals surface area contributed by atoms with Crippen molar-refractivity contribution in [1.29, 1.82) is 0 Å². The lowest BCUT2D eigenvalue weighted by Crippen LogP contribution is -2.14. The maximum Gasteiger partial charge on any atom is 0.126 e. The van der Waals surface area contributed by atoms with Gasteiger partial charge in [-0.2, -0.15) is 0 Å². The van der Waals surface area contributed by atoms with Crippen LogP contribution in [-0.2, 0) is 9.47 Å². The number of rotatable bonds is 0. The van der Waals surface area contributed by atoms with E-state index in [2.05, 4.69) is 0 Å². The van der Waals surface area contributed by atoms with Gasteiger partial charge in [0.15, 0.2) is 0 Å².